The Morgan fingerprint density at radius 1 is 1.09 bits per heavy atom. The number of azo groups is 1. The van der Waals surface area contributed by atoms with E-state index in [0.717, 1.165) is 16.3 Å². The Kier molecular flexibility index (Phi) is 3.68. The summed E-state index contributed by atoms with van der Waals surface area (Å²) in [6.45, 7) is 2.00. The molecule has 7 heteroatoms. The standard InChI is InChI=1S/C16H15N7/c1-9-2-3-10-7-21-16(19)14(12(10)6-9)23-22-11-4-5-13(15(17)18)20-8-11/h2-8H,1H3,(H3,17,18)(H2,19,21). The fraction of sp³-hybridized carbons (Fsp3) is 0.0625. The number of anilines is 1. The Labute approximate surface area is 132 Å². The molecule has 0 amide bonds. The summed E-state index contributed by atoms with van der Waals surface area (Å²) in [6, 6.07) is 9.28. The van der Waals surface area contributed by atoms with E-state index in [0.29, 0.717) is 22.9 Å². The number of hydrogen-bond acceptors (Lipinski definition) is 6. The number of aromatic nitrogens is 2. The Morgan fingerprint density at radius 3 is 2.61 bits per heavy atom. The SMILES string of the molecule is Cc1ccc2cnc(N)c(N=Nc3ccc(C(=N)N)nc3)c2c1. The van der Waals surface area contributed by atoms with Gasteiger partial charge in [-0.05, 0) is 25.1 Å². The second-order valence-electron chi connectivity index (χ2n) is 5.10. The van der Waals surface area contributed by atoms with E-state index in [9.17, 15) is 0 Å². The van der Waals surface area contributed by atoms with Gasteiger partial charge in [-0.1, -0.05) is 17.7 Å². The third-order valence-electron chi connectivity index (χ3n) is 3.34. The van der Waals surface area contributed by atoms with Crippen LogP contribution in [0.3, 0.4) is 0 Å². The number of benzene rings is 1. The van der Waals surface area contributed by atoms with Crippen LogP contribution in [0.4, 0.5) is 17.2 Å². The van der Waals surface area contributed by atoms with Gasteiger partial charge >= 0.3 is 0 Å². The Hall–Kier alpha value is -3.35. The molecule has 0 atom stereocenters. The van der Waals surface area contributed by atoms with Crippen LogP contribution < -0.4 is 11.5 Å². The topological polar surface area (TPSA) is 126 Å². The lowest BCUT2D eigenvalue weighted by Gasteiger charge is -2.05. The maximum atomic E-state index is 7.32. The molecule has 1 aromatic carbocycles. The Balaban J connectivity index is 2.01. The summed E-state index contributed by atoms with van der Waals surface area (Å²) in [6.07, 6.45) is 3.21. The largest absolute Gasteiger partial charge is 0.382 e. The lowest BCUT2D eigenvalue weighted by molar-refractivity contribution is 1.18. The summed E-state index contributed by atoms with van der Waals surface area (Å²) in [7, 11) is 0. The molecule has 7 nitrogen and oxygen atoms in total. The maximum absolute atomic E-state index is 7.32. The Morgan fingerprint density at radius 2 is 1.91 bits per heavy atom. The summed E-state index contributed by atoms with van der Waals surface area (Å²) in [5.41, 5.74) is 13.9. The molecular formula is C16H15N7. The first-order chi connectivity index (χ1) is 11.0. The first kappa shape index (κ1) is 14.6. The summed E-state index contributed by atoms with van der Waals surface area (Å²) in [4.78, 5) is 8.19. The summed E-state index contributed by atoms with van der Waals surface area (Å²) >= 11 is 0. The molecule has 0 radical (unpaired) electrons. The quantitative estimate of drug-likeness (QED) is 0.390. The number of nitrogens with one attached hydrogen (secondary N) is 1. The van der Waals surface area contributed by atoms with Crippen LogP contribution in [0, 0.1) is 12.3 Å². The second-order valence-corrected chi connectivity index (χ2v) is 5.10. The lowest BCUT2D eigenvalue weighted by atomic mass is 10.1. The molecule has 0 saturated carbocycles. The number of amidine groups is 1. The van der Waals surface area contributed by atoms with Gasteiger partial charge < -0.3 is 11.5 Å². The van der Waals surface area contributed by atoms with Gasteiger partial charge in [0.2, 0.25) is 0 Å². The van der Waals surface area contributed by atoms with E-state index in [4.69, 9.17) is 16.9 Å². The molecule has 2 aromatic heterocycles. The van der Waals surface area contributed by atoms with Crippen molar-refractivity contribution in [2.24, 2.45) is 16.0 Å². The van der Waals surface area contributed by atoms with Gasteiger partial charge in [0.25, 0.3) is 0 Å². The zero-order valence-corrected chi connectivity index (χ0v) is 12.5. The molecule has 0 unspecified atom stereocenters. The van der Waals surface area contributed by atoms with Crippen LogP contribution in [0.15, 0.2) is 53.0 Å². The monoisotopic (exact) mass is 305 g/mol. The van der Waals surface area contributed by atoms with E-state index in [1.54, 1.807) is 18.3 Å². The van der Waals surface area contributed by atoms with Gasteiger partial charge in [-0.15, -0.1) is 10.2 Å². The highest BCUT2D eigenvalue weighted by Crippen LogP contribution is 2.32. The minimum absolute atomic E-state index is 0.0912. The average molecular weight is 305 g/mol. The molecule has 114 valence electrons. The molecule has 3 rings (SSSR count). The number of hydrogen-bond donors (Lipinski definition) is 3. The molecule has 2 heterocycles. The maximum Gasteiger partial charge on any atom is 0.151 e. The zero-order valence-electron chi connectivity index (χ0n) is 12.5. The van der Waals surface area contributed by atoms with Crippen LogP contribution in [0.25, 0.3) is 10.8 Å². The van der Waals surface area contributed by atoms with Gasteiger partial charge in [-0.25, -0.2) is 4.98 Å². The van der Waals surface area contributed by atoms with Crippen molar-refractivity contribution < 1.29 is 0 Å². The molecule has 23 heavy (non-hydrogen) atoms. The van der Waals surface area contributed by atoms with Crippen LogP contribution in [0.5, 0.6) is 0 Å². The summed E-state index contributed by atoms with van der Waals surface area (Å²) < 4.78 is 0. The van der Waals surface area contributed by atoms with Crippen molar-refractivity contribution in [3.63, 3.8) is 0 Å². The van der Waals surface area contributed by atoms with Crippen LogP contribution >= 0.6 is 0 Å². The van der Waals surface area contributed by atoms with E-state index >= 15 is 0 Å². The van der Waals surface area contributed by atoms with E-state index in [2.05, 4.69) is 20.2 Å². The number of nitrogens with two attached hydrogens (primary N) is 2. The fourth-order valence-corrected chi connectivity index (χ4v) is 2.14. The first-order valence-electron chi connectivity index (χ1n) is 6.91. The first-order valence-corrected chi connectivity index (χ1v) is 6.91. The molecule has 0 fully saturated rings. The molecule has 0 spiro atoms. The van der Waals surface area contributed by atoms with Crippen molar-refractivity contribution >= 4 is 33.8 Å². The molecule has 5 N–H and O–H groups in total. The third-order valence-corrected chi connectivity index (χ3v) is 3.34. The predicted molar refractivity (Wildman–Crippen MR) is 90.3 cm³/mol. The normalized spacial score (nSPS) is 11.2. The number of nitrogen functional groups attached to an aromatic ring is 2. The van der Waals surface area contributed by atoms with E-state index in [1.165, 1.54) is 6.20 Å². The highest BCUT2D eigenvalue weighted by atomic mass is 15.1. The van der Waals surface area contributed by atoms with Crippen LogP contribution in [-0.2, 0) is 0 Å². The second kappa shape index (κ2) is 5.80. The van der Waals surface area contributed by atoms with E-state index in [-0.39, 0.29) is 5.84 Å². The van der Waals surface area contributed by atoms with E-state index in [1.807, 2.05) is 25.1 Å². The summed E-state index contributed by atoms with van der Waals surface area (Å²) in [5, 5.41) is 17.5. The molecule has 0 bridgehead atoms. The van der Waals surface area contributed by atoms with Gasteiger partial charge in [-0.3, -0.25) is 10.4 Å². The number of rotatable bonds is 3. The van der Waals surface area contributed by atoms with Crippen molar-refractivity contribution in [2.75, 3.05) is 5.73 Å². The average Bonchev–Trinajstić information content (AvgIpc) is 2.54. The molecule has 0 saturated heterocycles. The molecular weight excluding hydrogens is 290 g/mol. The fourth-order valence-electron chi connectivity index (χ4n) is 2.14. The number of nitrogens with zero attached hydrogens (tertiary/aromatic N) is 4. The number of fused-ring (bicyclic) bond motifs is 1. The van der Waals surface area contributed by atoms with E-state index < -0.39 is 0 Å². The smallest absolute Gasteiger partial charge is 0.151 e. The molecule has 0 aliphatic carbocycles. The van der Waals surface area contributed by atoms with Crippen LogP contribution in [0.1, 0.15) is 11.3 Å². The third kappa shape index (κ3) is 2.98. The molecule has 3 aromatic rings. The Bertz CT molecular complexity index is 908. The number of aryl methyl sites for hydroxylation is 1. The van der Waals surface area contributed by atoms with Crippen molar-refractivity contribution in [3.05, 3.63) is 54.0 Å². The highest BCUT2D eigenvalue weighted by Gasteiger charge is 2.07. The van der Waals surface area contributed by atoms with Crippen LogP contribution in [0.2, 0.25) is 0 Å². The zero-order chi connectivity index (χ0) is 16.4. The lowest BCUT2D eigenvalue weighted by Crippen LogP contribution is -2.12. The minimum atomic E-state index is -0.0912. The minimum Gasteiger partial charge on any atom is -0.382 e. The van der Waals surface area contributed by atoms with Gasteiger partial charge in [0.1, 0.15) is 22.9 Å². The van der Waals surface area contributed by atoms with Crippen LogP contribution in [-0.4, -0.2) is 15.8 Å². The van der Waals surface area contributed by atoms with Crippen molar-refractivity contribution in [3.8, 4) is 0 Å². The van der Waals surface area contributed by atoms with Gasteiger partial charge in [-0.2, -0.15) is 0 Å². The van der Waals surface area contributed by atoms with Crippen molar-refractivity contribution in [2.45, 2.75) is 6.92 Å². The summed E-state index contributed by atoms with van der Waals surface area (Å²) in [5.74, 6) is 0.228. The molecule has 0 aliphatic heterocycles. The predicted octanol–water partition coefficient (Wildman–Crippen LogP) is 3.22. The van der Waals surface area contributed by atoms with Gasteiger partial charge in [0.15, 0.2) is 5.82 Å². The van der Waals surface area contributed by atoms with Gasteiger partial charge in [0.05, 0.1) is 6.20 Å². The molecule has 0 aliphatic rings. The highest BCUT2D eigenvalue weighted by molar-refractivity contribution is 5.96. The number of pyridine rings is 2. The van der Waals surface area contributed by atoms with Gasteiger partial charge in [0, 0.05) is 17.0 Å². The van der Waals surface area contributed by atoms with Crippen molar-refractivity contribution in [1.82, 2.24) is 9.97 Å². The van der Waals surface area contributed by atoms with Crippen molar-refractivity contribution in [1.29, 1.82) is 5.41 Å².